The first-order chi connectivity index (χ1) is 15.2. The molecule has 154 valence electrons. The number of nitrogens with one attached hydrogen (secondary N) is 1. The van der Waals surface area contributed by atoms with Crippen LogP contribution in [0.3, 0.4) is 0 Å². The second-order valence-electron chi connectivity index (χ2n) is 7.20. The Hall–Kier alpha value is -4.13. The van der Waals surface area contributed by atoms with Crippen molar-refractivity contribution >= 4 is 33.8 Å². The first-order valence-corrected chi connectivity index (χ1v) is 10.0. The maximum atomic E-state index is 12.3. The maximum Gasteiger partial charge on any atom is 0.419 e. The van der Waals surface area contributed by atoms with Crippen molar-refractivity contribution in [3.63, 3.8) is 0 Å². The second kappa shape index (κ2) is 7.95. The molecule has 7 heteroatoms. The third kappa shape index (κ3) is 3.85. The summed E-state index contributed by atoms with van der Waals surface area (Å²) in [5, 5.41) is 2.88. The molecule has 7 nitrogen and oxygen atoms in total. The number of benzene rings is 3. The lowest BCUT2D eigenvalue weighted by Gasteiger charge is -2.06. The Morgan fingerprint density at radius 1 is 0.903 bits per heavy atom. The molecule has 1 N–H and O–H groups in total. The fourth-order valence-electron chi connectivity index (χ4n) is 3.54. The van der Waals surface area contributed by atoms with Gasteiger partial charge in [-0.2, -0.15) is 0 Å². The standard InChI is InChI=1S/C24H19N3O4/c28-22(10-5-15-27-19-7-2-4-9-21(19)31-24(27)29)25-17-13-11-16(12-14-17)23-26-18-6-1-3-8-20(18)30-23/h1-4,6-9,11-14H,5,10,15H2,(H,25,28). The Bertz CT molecular complexity index is 1390. The molecule has 0 aliphatic carbocycles. The van der Waals surface area contributed by atoms with E-state index in [1.54, 1.807) is 10.6 Å². The average molecular weight is 413 g/mol. The molecular formula is C24H19N3O4. The van der Waals surface area contributed by atoms with Gasteiger partial charge in [0, 0.05) is 24.2 Å². The molecule has 0 saturated carbocycles. The SMILES string of the molecule is O=C(CCCn1c(=O)oc2ccccc21)Nc1ccc(-c2nc3ccccc3o2)cc1. The quantitative estimate of drug-likeness (QED) is 0.431. The van der Waals surface area contributed by atoms with Crippen LogP contribution in [0.5, 0.6) is 0 Å². The van der Waals surface area contributed by atoms with Crippen molar-refractivity contribution in [3.05, 3.63) is 83.3 Å². The molecule has 0 spiro atoms. The smallest absolute Gasteiger partial charge is 0.419 e. The number of aryl methyl sites for hydroxylation is 1. The maximum absolute atomic E-state index is 12.3. The van der Waals surface area contributed by atoms with E-state index in [1.165, 1.54) is 0 Å². The number of fused-ring (bicyclic) bond motifs is 2. The van der Waals surface area contributed by atoms with Crippen molar-refractivity contribution in [3.8, 4) is 11.5 Å². The highest BCUT2D eigenvalue weighted by Crippen LogP contribution is 2.25. The number of rotatable bonds is 6. The highest BCUT2D eigenvalue weighted by atomic mass is 16.4. The van der Waals surface area contributed by atoms with E-state index in [0.717, 1.165) is 22.2 Å². The topological polar surface area (TPSA) is 90.3 Å². The number of amides is 1. The van der Waals surface area contributed by atoms with Crippen LogP contribution in [0.25, 0.3) is 33.7 Å². The van der Waals surface area contributed by atoms with Crippen molar-refractivity contribution in [2.75, 3.05) is 5.32 Å². The molecule has 0 fully saturated rings. The number of para-hydroxylation sites is 4. The van der Waals surface area contributed by atoms with E-state index in [2.05, 4.69) is 10.3 Å². The van der Waals surface area contributed by atoms with Crippen LogP contribution in [-0.2, 0) is 11.3 Å². The molecule has 2 aromatic heterocycles. The molecule has 0 aliphatic rings. The Balaban J connectivity index is 1.19. The van der Waals surface area contributed by atoms with Gasteiger partial charge in [-0.15, -0.1) is 0 Å². The number of carbonyl (C=O) groups is 1. The molecule has 5 rings (SSSR count). The van der Waals surface area contributed by atoms with E-state index in [0.29, 0.717) is 36.5 Å². The molecule has 31 heavy (non-hydrogen) atoms. The molecule has 1 amide bonds. The van der Waals surface area contributed by atoms with Crippen LogP contribution in [0.2, 0.25) is 0 Å². The minimum Gasteiger partial charge on any atom is -0.436 e. The molecule has 0 aliphatic heterocycles. The molecule has 2 heterocycles. The predicted octanol–water partition coefficient (Wildman–Crippen LogP) is 4.82. The number of aromatic nitrogens is 2. The molecule has 0 unspecified atom stereocenters. The summed E-state index contributed by atoms with van der Waals surface area (Å²) < 4.78 is 12.5. The lowest BCUT2D eigenvalue weighted by Crippen LogP contribution is -2.17. The third-order valence-corrected chi connectivity index (χ3v) is 5.07. The predicted molar refractivity (Wildman–Crippen MR) is 118 cm³/mol. The summed E-state index contributed by atoms with van der Waals surface area (Å²) in [7, 11) is 0. The molecule has 0 radical (unpaired) electrons. The van der Waals surface area contributed by atoms with Crippen molar-refractivity contribution in [1.29, 1.82) is 0 Å². The molecule has 0 bridgehead atoms. The number of nitrogens with zero attached hydrogens (tertiary/aromatic N) is 2. The van der Waals surface area contributed by atoms with E-state index in [1.807, 2.05) is 66.7 Å². The molecule has 5 aromatic rings. The van der Waals surface area contributed by atoms with E-state index in [-0.39, 0.29) is 5.91 Å². The second-order valence-corrected chi connectivity index (χ2v) is 7.20. The first-order valence-electron chi connectivity index (χ1n) is 10.0. The van der Waals surface area contributed by atoms with Crippen LogP contribution in [0.4, 0.5) is 5.69 Å². The van der Waals surface area contributed by atoms with E-state index < -0.39 is 5.76 Å². The van der Waals surface area contributed by atoms with Gasteiger partial charge in [-0.3, -0.25) is 9.36 Å². The molecular weight excluding hydrogens is 394 g/mol. The normalized spacial score (nSPS) is 11.2. The van der Waals surface area contributed by atoms with Gasteiger partial charge in [0.05, 0.1) is 5.52 Å². The van der Waals surface area contributed by atoms with Gasteiger partial charge < -0.3 is 14.2 Å². The zero-order chi connectivity index (χ0) is 21.2. The van der Waals surface area contributed by atoms with E-state index in [9.17, 15) is 9.59 Å². The number of carbonyl (C=O) groups excluding carboxylic acids is 1. The molecule has 0 saturated heterocycles. The summed E-state index contributed by atoms with van der Waals surface area (Å²) in [5.74, 6) is 0.0173. The highest BCUT2D eigenvalue weighted by Gasteiger charge is 2.10. The summed E-state index contributed by atoms with van der Waals surface area (Å²) in [4.78, 5) is 28.8. The summed E-state index contributed by atoms with van der Waals surface area (Å²) in [6.07, 6.45) is 0.815. The van der Waals surface area contributed by atoms with Gasteiger partial charge in [0.25, 0.3) is 0 Å². The van der Waals surface area contributed by atoms with Gasteiger partial charge in [0.1, 0.15) is 5.52 Å². The Kier molecular flexibility index (Phi) is 4.84. The van der Waals surface area contributed by atoms with Crippen molar-refractivity contribution < 1.29 is 13.6 Å². The van der Waals surface area contributed by atoms with Gasteiger partial charge in [-0.25, -0.2) is 9.78 Å². The van der Waals surface area contributed by atoms with Crippen molar-refractivity contribution in [2.45, 2.75) is 19.4 Å². The largest absolute Gasteiger partial charge is 0.436 e. The zero-order valence-electron chi connectivity index (χ0n) is 16.6. The van der Waals surface area contributed by atoms with Gasteiger partial charge >= 0.3 is 5.76 Å². The minimum atomic E-state index is -0.406. The van der Waals surface area contributed by atoms with Crippen molar-refractivity contribution in [2.24, 2.45) is 0 Å². The van der Waals surface area contributed by atoms with Crippen LogP contribution >= 0.6 is 0 Å². The van der Waals surface area contributed by atoms with Crippen LogP contribution < -0.4 is 11.1 Å². The van der Waals surface area contributed by atoms with E-state index >= 15 is 0 Å². The number of hydrogen-bond donors (Lipinski definition) is 1. The number of hydrogen-bond acceptors (Lipinski definition) is 5. The Morgan fingerprint density at radius 2 is 1.65 bits per heavy atom. The Morgan fingerprint density at radius 3 is 2.45 bits per heavy atom. The van der Waals surface area contributed by atoms with Gasteiger partial charge in [0.2, 0.25) is 11.8 Å². The lowest BCUT2D eigenvalue weighted by atomic mass is 10.2. The Labute approximate surface area is 176 Å². The van der Waals surface area contributed by atoms with E-state index in [4.69, 9.17) is 8.83 Å². The van der Waals surface area contributed by atoms with Crippen LogP contribution in [-0.4, -0.2) is 15.5 Å². The van der Waals surface area contributed by atoms with Crippen LogP contribution in [0, 0.1) is 0 Å². The van der Waals surface area contributed by atoms with Gasteiger partial charge in [-0.1, -0.05) is 24.3 Å². The number of anilines is 1. The molecule has 0 atom stereocenters. The minimum absolute atomic E-state index is 0.115. The van der Waals surface area contributed by atoms with Crippen LogP contribution in [0.1, 0.15) is 12.8 Å². The number of oxazole rings is 2. The average Bonchev–Trinajstić information content (AvgIpc) is 3.35. The summed E-state index contributed by atoms with van der Waals surface area (Å²) in [6, 6.07) is 22.2. The monoisotopic (exact) mass is 413 g/mol. The van der Waals surface area contributed by atoms with Gasteiger partial charge in [-0.05, 0) is 55.0 Å². The fourth-order valence-corrected chi connectivity index (χ4v) is 3.54. The zero-order valence-corrected chi connectivity index (χ0v) is 16.6. The fraction of sp³-hybridized carbons (Fsp3) is 0.125. The lowest BCUT2D eigenvalue weighted by molar-refractivity contribution is -0.116. The third-order valence-electron chi connectivity index (χ3n) is 5.07. The summed E-state index contributed by atoms with van der Waals surface area (Å²) >= 11 is 0. The molecule has 3 aromatic carbocycles. The van der Waals surface area contributed by atoms with Gasteiger partial charge in [0.15, 0.2) is 11.2 Å². The highest BCUT2D eigenvalue weighted by molar-refractivity contribution is 5.91. The summed E-state index contributed by atoms with van der Waals surface area (Å²) in [6.45, 7) is 0.417. The first kappa shape index (κ1) is 18.9. The van der Waals surface area contributed by atoms with Crippen molar-refractivity contribution in [1.82, 2.24) is 9.55 Å². The van der Waals surface area contributed by atoms with Crippen LogP contribution in [0.15, 0.2) is 86.4 Å². The summed E-state index contributed by atoms with van der Waals surface area (Å²) in [5.41, 5.74) is 4.36.